The molecule has 0 radical (unpaired) electrons. The molecule has 2 aromatic rings. The summed E-state index contributed by atoms with van der Waals surface area (Å²) in [5.74, 6) is 0.788. The molecule has 164 valence electrons. The Morgan fingerprint density at radius 3 is 2.67 bits per heavy atom. The Balaban J connectivity index is 1.17. The Labute approximate surface area is 183 Å². The summed E-state index contributed by atoms with van der Waals surface area (Å²) in [6.45, 7) is 5.72. The van der Waals surface area contributed by atoms with Gasteiger partial charge >= 0.3 is 6.03 Å². The lowest BCUT2D eigenvalue weighted by atomic mass is 9.84. The molecule has 7 heteroatoms. The zero-order valence-electron chi connectivity index (χ0n) is 18.2. The van der Waals surface area contributed by atoms with E-state index in [9.17, 15) is 4.79 Å². The third-order valence-corrected chi connectivity index (χ3v) is 7.66. The molecule has 0 spiro atoms. The largest absolute Gasteiger partial charge is 0.368 e. The number of nitrogens with zero attached hydrogens (tertiary/aromatic N) is 3. The Hall–Kier alpha value is -1.83. The second-order valence-electron chi connectivity index (χ2n) is 8.57. The Morgan fingerprint density at radius 2 is 1.93 bits per heavy atom. The van der Waals surface area contributed by atoms with Crippen molar-refractivity contribution in [1.82, 2.24) is 15.3 Å². The lowest BCUT2D eigenvalue weighted by Gasteiger charge is -2.37. The molecular weight excluding hydrogens is 396 g/mol. The molecule has 0 atom stereocenters. The van der Waals surface area contributed by atoms with Crippen molar-refractivity contribution in [3.63, 3.8) is 0 Å². The van der Waals surface area contributed by atoms with Gasteiger partial charge in [0.05, 0.1) is 7.11 Å². The topological polar surface area (TPSA) is 48.1 Å². The molecule has 1 saturated heterocycles. The summed E-state index contributed by atoms with van der Waals surface area (Å²) in [6.07, 6.45) is 5.85. The molecule has 2 amide bonds. The van der Waals surface area contributed by atoms with Gasteiger partial charge in [0.15, 0.2) is 0 Å². The highest BCUT2D eigenvalue weighted by atomic mass is 32.1. The van der Waals surface area contributed by atoms with Gasteiger partial charge < -0.3 is 10.2 Å². The molecule has 1 aliphatic carbocycles. The first-order valence-electron chi connectivity index (χ1n) is 11.2. The van der Waals surface area contributed by atoms with Gasteiger partial charge in [-0.3, -0.25) is 9.74 Å². The Bertz CT molecular complexity index is 825. The molecule has 1 aromatic heterocycles. The minimum Gasteiger partial charge on any atom is -0.368 e. The lowest BCUT2D eigenvalue weighted by molar-refractivity contribution is -0.0659. The number of urea groups is 1. The van der Waals surface area contributed by atoms with Crippen molar-refractivity contribution in [2.24, 2.45) is 5.92 Å². The summed E-state index contributed by atoms with van der Waals surface area (Å²) in [5.41, 5.74) is 1.40. The minimum atomic E-state index is -0.142. The number of rotatable bonds is 6. The van der Waals surface area contributed by atoms with Gasteiger partial charge in [-0.2, -0.15) is 0 Å². The quantitative estimate of drug-likeness (QED) is 0.699. The van der Waals surface area contributed by atoms with E-state index in [1.807, 2.05) is 11.3 Å². The van der Waals surface area contributed by atoms with E-state index in [1.165, 1.54) is 53.8 Å². The smallest absolute Gasteiger partial charge is 0.341 e. The van der Waals surface area contributed by atoms with E-state index in [0.29, 0.717) is 0 Å². The van der Waals surface area contributed by atoms with Crippen LogP contribution in [0.25, 0.3) is 10.1 Å². The first-order chi connectivity index (χ1) is 14.6. The highest BCUT2D eigenvalue weighted by molar-refractivity contribution is 7.17. The number of benzene rings is 1. The van der Waals surface area contributed by atoms with Gasteiger partial charge in [0.2, 0.25) is 0 Å². The summed E-state index contributed by atoms with van der Waals surface area (Å²) >= 11 is 1.83. The summed E-state index contributed by atoms with van der Waals surface area (Å²) in [5, 5.41) is 7.92. The predicted molar refractivity (Wildman–Crippen MR) is 124 cm³/mol. The average molecular weight is 431 g/mol. The van der Waals surface area contributed by atoms with Crippen molar-refractivity contribution in [2.45, 2.75) is 38.1 Å². The van der Waals surface area contributed by atoms with Crippen LogP contribution in [0.1, 0.15) is 32.1 Å². The lowest BCUT2D eigenvalue weighted by Crippen LogP contribution is -2.47. The van der Waals surface area contributed by atoms with Crippen LogP contribution in [0.3, 0.4) is 0 Å². The van der Waals surface area contributed by atoms with Crippen molar-refractivity contribution in [2.75, 3.05) is 51.8 Å². The van der Waals surface area contributed by atoms with Crippen molar-refractivity contribution in [3.05, 3.63) is 29.6 Å². The fourth-order valence-corrected chi connectivity index (χ4v) is 5.58. The number of hydrogen-bond donors (Lipinski definition) is 1. The number of amides is 2. The zero-order valence-corrected chi connectivity index (χ0v) is 19.0. The molecule has 2 fully saturated rings. The van der Waals surface area contributed by atoms with E-state index in [1.54, 1.807) is 7.05 Å². The van der Waals surface area contributed by atoms with Crippen molar-refractivity contribution < 1.29 is 9.63 Å². The maximum atomic E-state index is 11.9. The van der Waals surface area contributed by atoms with Crippen LogP contribution in [-0.2, 0) is 4.84 Å². The maximum Gasteiger partial charge on any atom is 0.341 e. The number of hydrogen-bond acceptors (Lipinski definition) is 5. The molecule has 1 aliphatic heterocycles. The van der Waals surface area contributed by atoms with Gasteiger partial charge in [-0.15, -0.1) is 11.3 Å². The fraction of sp³-hybridized carbons (Fsp3) is 0.609. The Morgan fingerprint density at radius 1 is 1.17 bits per heavy atom. The first kappa shape index (κ1) is 21.4. The number of carbonyl (C=O) groups is 1. The van der Waals surface area contributed by atoms with Crippen molar-refractivity contribution in [1.29, 1.82) is 0 Å². The van der Waals surface area contributed by atoms with E-state index in [0.717, 1.165) is 44.9 Å². The molecule has 0 bridgehead atoms. The standard InChI is InChI=1S/C23H34N4O2S/c1-25(29-2)23(28)24-19-8-6-18(7-9-19)10-12-26-13-15-27(16-14-26)21-4-3-5-22-20(21)11-17-30-22/h3-5,11,17-19H,6-10,12-16H2,1-2H3,(H,24,28). The van der Waals surface area contributed by atoms with E-state index < -0.39 is 0 Å². The highest BCUT2D eigenvalue weighted by Crippen LogP contribution is 2.31. The fourth-order valence-electron chi connectivity index (χ4n) is 4.78. The average Bonchev–Trinajstić information content (AvgIpc) is 3.27. The molecule has 1 N–H and O–H groups in total. The predicted octanol–water partition coefficient (Wildman–Crippen LogP) is 4.18. The van der Waals surface area contributed by atoms with Crippen LogP contribution in [-0.4, -0.2) is 68.9 Å². The number of carbonyl (C=O) groups excluding carboxylic acids is 1. The summed E-state index contributed by atoms with van der Waals surface area (Å²) in [7, 11) is 3.15. The zero-order chi connectivity index (χ0) is 20.9. The van der Waals surface area contributed by atoms with E-state index in [-0.39, 0.29) is 12.1 Å². The molecule has 4 rings (SSSR count). The normalized spacial score (nSPS) is 22.9. The molecular formula is C23H34N4O2S. The molecule has 2 aliphatic rings. The van der Waals surface area contributed by atoms with Crippen LogP contribution in [0.5, 0.6) is 0 Å². The third kappa shape index (κ3) is 5.07. The number of nitrogens with one attached hydrogen (secondary N) is 1. The second-order valence-corrected chi connectivity index (χ2v) is 9.52. The second kappa shape index (κ2) is 9.98. The molecule has 0 unspecified atom stereocenters. The number of piperazine rings is 1. The Kier molecular flexibility index (Phi) is 7.12. The molecule has 1 saturated carbocycles. The highest BCUT2D eigenvalue weighted by Gasteiger charge is 2.25. The third-order valence-electron chi connectivity index (χ3n) is 6.77. The number of hydroxylamine groups is 2. The van der Waals surface area contributed by atoms with Gasteiger partial charge in [-0.25, -0.2) is 9.86 Å². The summed E-state index contributed by atoms with van der Waals surface area (Å²) in [6, 6.07) is 9.08. The van der Waals surface area contributed by atoms with Gasteiger partial charge in [0.1, 0.15) is 0 Å². The molecule has 6 nitrogen and oxygen atoms in total. The van der Waals surface area contributed by atoms with Crippen LogP contribution < -0.4 is 10.2 Å². The van der Waals surface area contributed by atoms with Crippen LogP contribution in [0.15, 0.2) is 29.6 Å². The van der Waals surface area contributed by atoms with Crippen LogP contribution in [0.4, 0.5) is 10.5 Å². The molecule has 1 aromatic carbocycles. The van der Waals surface area contributed by atoms with Crippen molar-refractivity contribution >= 4 is 33.1 Å². The van der Waals surface area contributed by atoms with Crippen LogP contribution in [0, 0.1) is 5.92 Å². The number of anilines is 1. The van der Waals surface area contributed by atoms with Gasteiger partial charge in [0, 0.05) is 55.0 Å². The monoisotopic (exact) mass is 430 g/mol. The SMILES string of the molecule is CON(C)C(=O)NC1CCC(CCN2CCN(c3cccc4sccc34)CC2)CC1. The van der Waals surface area contributed by atoms with Crippen LogP contribution in [0.2, 0.25) is 0 Å². The van der Waals surface area contributed by atoms with E-state index in [2.05, 4.69) is 44.8 Å². The summed E-state index contributed by atoms with van der Waals surface area (Å²) in [4.78, 5) is 22.1. The van der Waals surface area contributed by atoms with Gasteiger partial charge in [-0.05, 0) is 68.1 Å². The van der Waals surface area contributed by atoms with Gasteiger partial charge in [0.25, 0.3) is 0 Å². The van der Waals surface area contributed by atoms with Crippen molar-refractivity contribution in [3.8, 4) is 0 Å². The molecule has 30 heavy (non-hydrogen) atoms. The molecule has 2 heterocycles. The number of thiophene rings is 1. The van der Waals surface area contributed by atoms with Gasteiger partial charge in [-0.1, -0.05) is 6.07 Å². The van der Waals surface area contributed by atoms with Crippen LogP contribution >= 0.6 is 11.3 Å². The summed E-state index contributed by atoms with van der Waals surface area (Å²) < 4.78 is 1.38. The van der Waals surface area contributed by atoms with E-state index >= 15 is 0 Å². The minimum absolute atomic E-state index is 0.142. The maximum absolute atomic E-state index is 11.9. The first-order valence-corrected chi connectivity index (χ1v) is 12.0. The number of fused-ring (bicyclic) bond motifs is 1. The van der Waals surface area contributed by atoms with E-state index in [4.69, 9.17) is 4.84 Å².